The van der Waals surface area contributed by atoms with Crippen molar-refractivity contribution >= 4 is 59.8 Å². The van der Waals surface area contributed by atoms with Gasteiger partial charge in [-0.05, 0) is 0 Å². The second-order valence-electron chi connectivity index (χ2n) is 7.60. The predicted octanol–water partition coefficient (Wildman–Crippen LogP) is 7.43. The van der Waals surface area contributed by atoms with Gasteiger partial charge in [-0.25, -0.2) is 0 Å². The van der Waals surface area contributed by atoms with Crippen LogP contribution in [0.1, 0.15) is 16.0 Å². The number of hydrogen-bond acceptors (Lipinski definition) is 2. The second-order valence-corrected chi connectivity index (χ2v) is 18.8. The molecule has 4 rings (SSSR count). The van der Waals surface area contributed by atoms with Crippen LogP contribution in [-0.4, -0.2) is 6.26 Å². The molecular weight excluding hydrogens is 487 g/mol. The van der Waals surface area contributed by atoms with E-state index in [1.807, 2.05) is 23.1 Å². The van der Waals surface area contributed by atoms with Gasteiger partial charge in [-0.3, -0.25) is 0 Å². The van der Waals surface area contributed by atoms with Gasteiger partial charge in [-0.1, -0.05) is 0 Å². The fourth-order valence-electron chi connectivity index (χ4n) is 4.32. The van der Waals surface area contributed by atoms with Crippen LogP contribution >= 0.6 is 43.9 Å². The molecule has 154 valence electrons. The molecule has 3 aromatic carbocycles. The Morgan fingerprint density at radius 1 is 0.733 bits per heavy atom. The topological polar surface area (TPSA) is 0 Å². The SMILES string of the molecule is CSc1sc(C)c(CP(Br)(c2ccccc2)(c2ccccc2)c2ccccc2)c1C. The summed E-state index contributed by atoms with van der Waals surface area (Å²) in [6, 6.07) is 33.2. The number of thiophene rings is 1. The van der Waals surface area contributed by atoms with E-state index >= 15 is 0 Å². The maximum atomic E-state index is 4.58. The van der Waals surface area contributed by atoms with E-state index < -0.39 is 5.31 Å². The first-order chi connectivity index (χ1) is 14.5. The van der Waals surface area contributed by atoms with E-state index in [1.165, 1.54) is 36.1 Å². The molecular formula is C26H26BrPS2. The van der Waals surface area contributed by atoms with Gasteiger partial charge in [0.2, 0.25) is 0 Å². The molecule has 0 N–H and O–H groups in total. The zero-order valence-electron chi connectivity index (χ0n) is 17.5. The predicted molar refractivity (Wildman–Crippen MR) is 143 cm³/mol. The standard InChI is InChI=1S/C26H26BrPS2/c1-20-25(21(2)30-26(20)29-3)19-28(27,22-13-7-4-8-14-22,23-15-9-5-10-16-23)24-17-11-6-12-18-24/h4-18H,19H2,1-3H3. The average molecular weight is 514 g/mol. The van der Waals surface area contributed by atoms with E-state index in [0.717, 1.165) is 6.16 Å². The molecule has 0 aliphatic heterocycles. The van der Waals surface area contributed by atoms with Crippen molar-refractivity contribution in [3.63, 3.8) is 0 Å². The number of halogens is 1. The Morgan fingerprint density at radius 2 is 1.13 bits per heavy atom. The van der Waals surface area contributed by atoms with Crippen molar-refractivity contribution in [3.05, 3.63) is 107 Å². The summed E-state index contributed by atoms with van der Waals surface area (Å²) < 4.78 is 1.43. The molecule has 0 nitrogen and oxygen atoms in total. The van der Waals surface area contributed by atoms with Gasteiger partial charge in [0.15, 0.2) is 0 Å². The first-order valence-corrected chi connectivity index (χ1v) is 16.5. The number of rotatable bonds is 6. The Morgan fingerprint density at radius 3 is 1.47 bits per heavy atom. The van der Waals surface area contributed by atoms with Crippen LogP contribution in [-0.2, 0) is 6.16 Å². The summed E-state index contributed by atoms with van der Waals surface area (Å²) >= 11 is 8.37. The summed E-state index contributed by atoms with van der Waals surface area (Å²) in [6.07, 6.45) is 3.15. The summed E-state index contributed by atoms with van der Waals surface area (Å²) in [5.41, 5.74) is 2.91. The number of aryl methyl sites for hydroxylation is 1. The quantitative estimate of drug-likeness (QED) is 0.191. The fraction of sp³-hybridized carbons (Fsp3) is 0.154. The van der Waals surface area contributed by atoms with Crippen LogP contribution < -0.4 is 15.9 Å². The number of thioether (sulfide) groups is 1. The Balaban J connectivity index is 2.11. The molecule has 0 aliphatic carbocycles. The van der Waals surface area contributed by atoms with E-state index in [2.05, 4.69) is 127 Å². The first-order valence-electron chi connectivity index (χ1n) is 10.0. The van der Waals surface area contributed by atoms with Gasteiger partial charge < -0.3 is 0 Å². The van der Waals surface area contributed by atoms with E-state index in [0.29, 0.717) is 0 Å². The average Bonchev–Trinajstić information content (AvgIpc) is 3.08. The van der Waals surface area contributed by atoms with E-state index in [-0.39, 0.29) is 0 Å². The molecule has 0 fully saturated rings. The van der Waals surface area contributed by atoms with Gasteiger partial charge in [0.25, 0.3) is 0 Å². The normalized spacial score (nSPS) is 13.0. The fourth-order valence-corrected chi connectivity index (χ4v) is 14.2. The van der Waals surface area contributed by atoms with Crippen molar-refractivity contribution < 1.29 is 0 Å². The third-order valence-electron chi connectivity index (χ3n) is 5.95. The molecule has 0 bridgehead atoms. The van der Waals surface area contributed by atoms with Crippen LogP contribution in [0.2, 0.25) is 0 Å². The Labute approximate surface area is 196 Å². The minimum absolute atomic E-state index is 0.971. The summed E-state index contributed by atoms with van der Waals surface area (Å²) in [4.78, 5) is 1.42. The molecule has 0 radical (unpaired) electrons. The number of hydrogen-bond donors (Lipinski definition) is 0. The van der Waals surface area contributed by atoms with Crippen molar-refractivity contribution in [2.45, 2.75) is 24.2 Å². The molecule has 0 unspecified atom stereocenters. The minimum atomic E-state index is -2.94. The second kappa shape index (κ2) is 8.63. The third-order valence-corrected chi connectivity index (χ3v) is 17.9. The Bertz CT molecular complexity index is 1040. The van der Waals surface area contributed by atoms with Crippen molar-refractivity contribution in [1.29, 1.82) is 0 Å². The molecule has 0 atom stereocenters. The summed E-state index contributed by atoms with van der Waals surface area (Å²) in [5, 5.41) is 1.18. The van der Waals surface area contributed by atoms with Gasteiger partial charge in [-0.2, -0.15) is 0 Å². The zero-order chi connectivity index (χ0) is 21.2. The molecule has 4 aromatic rings. The van der Waals surface area contributed by atoms with Gasteiger partial charge in [0.1, 0.15) is 0 Å². The van der Waals surface area contributed by atoms with E-state index in [1.54, 1.807) is 0 Å². The van der Waals surface area contributed by atoms with E-state index in [4.69, 9.17) is 0 Å². The van der Waals surface area contributed by atoms with Crippen molar-refractivity contribution in [3.8, 4) is 0 Å². The molecule has 1 aromatic heterocycles. The van der Waals surface area contributed by atoms with Crippen LogP contribution in [0.25, 0.3) is 0 Å². The third kappa shape index (κ3) is 3.50. The summed E-state index contributed by atoms with van der Waals surface area (Å²) in [7, 11) is 0. The van der Waals surface area contributed by atoms with Crippen LogP contribution in [0.5, 0.6) is 0 Å². The van der Waals surface area contributed by atoms with Gasteiger partial charge in [0, 0.05) is 0 Å². The van der Waals surface area contributed by atoms with Gasteiger partial charge >= 0.3 is 197 Å². The molecule has 0 saturated carbocycles. The molecule has 0 amide bonds. The van der Waals surface area contributed by atoms with Crippen LogP contribution in [0.4, 0.5) is 0 Å². The molecule has 0 aliphatic rings. The molecule has 0 saturated heterocycles. The molecule has 0 spiro atoms. The van der Waals surface area contributed by atoms with Crippen LogP contribution in [0, 0.1) is 13.8 Å². The van der Waals surface area contributed by atoms with E-state index in [9.17, 15) is 0 Å². The Kier molecular flexibility index (Phi) is 6.28. The monoisotopic (exact) mass is 512 g/mol. The summed E-state index contributed by atoms with van der Waals surface area (Å²) in [5.74, 6) is 0. The van der Waals surface area contributed by atoms with Crippen LogP contribution in [0.3, 0.4) is 0 Å². The molecule has 4 heteroatoms. The number of benzene rings is 3. The molecule has 30 heavy (non-hydrogen) atoms. The van der Waals surface area contributed by atoms with Gasteiger partial charge in [-0.15, -0.1) is 0 Å². The van der Waals surface area contributed by atoms with Crippen molar-refractivity contribution in [2.75, 3.05) is 6.26 Å². The van der Waals surface area contributed by atoms with Gasteiger partial charge in [0.05, 0.1) is 0 Å². The van der Waals surface area contributed by atoms with Crippen LogP contribution in [0.15, 0.2) is 95.2 Å². The maximum absolute atomic E-state index is 4.58. The molecule has 1 heterocycles. The summed E-state index contributed by atoms with van der Waals surface area (Å²) in [6.45, 7) is 4.57. The zero-order valence-corrected chi connectivity index (χ0v) is 21.6. The van der Waals surface area contributed by atoms with Crippen molar-refractivity contribution in [2.24, 2.45) is 0 Å². The first kappa shape index (κ1) is 21.8. The Hall–Kier alpha value is -1.38. The van der Waals surface area contributed by atoms with Crippen molar-refractivity contribution in [1.82, 2.24) is 0 Å².